The van der Waals surface area contributed by atoms with Crippen LogP contribution >= 0.6 is 11.8 Å². The van der Waals surface area contributed by atoms with Gasteiger partial charge in [0.1, 0.15) is 29.1 Å². The number of hydrogen-bond acceptors (Lipinski definition) is 7. The van der Waals surface area contributed by atoms with Crippen LogP contribution in [0.25, 0.3) is 0 Å². The van der Waals surface area contributed by atoms with Gasteiger partial charge in [0.25, 0.3) is 0 Å². The second-order valence-corrected chi connectivity index (χ2v) is 11.1. The van der Waals surface area contributed by atoms with Crippen LogP contribution in [0.1, 0.15) is 25.3 Å². The van der Waals surface area contributed by atoms with E-state index in [0.29, 0.717) is 28.7 Å². The zero-order valence-corrected chi connectivity index (χ0v) is 19.7. The van der Waals surface area contributed by atoms with Crippen LogP contribution in [0.3, 0.4) is 0 Å². The first-order valence-electron chi connectivity index (χ1n) is 9.81. The number of aryl methyl sites for hydroxylation is 1. The lowest BCUT2D eigenvalue weighted by Gasteiger charge is -2.31. The number of aliphatic carboxylic acids is 1. The van der Waals surface area contributed by atoms with Gasteiger partial charge in [-0.15, -0.1) is 11.8 Å². The fourth-order valence-electron chi connectivity index (χ4n) is 2.87. The number of ether oxygens (including phenoxy) is 1. The van der Waals surface area contributed by atoms with Crippen molar-refractivity contribution in [3.8, 4) is 11.5 Å². The van der Waals surface area contributed by atoms with Crippen molar-refractivity contribution in [2.24, 2.45) is 0 Å². The Kier molecular flexibility index (Phi) is 7.45. The molecule has 0 aliphatic rings. The Labute approximate surface area is 195 Å². The molecule has 0 bridgehead atoms. The molecule has 33 heavy (non-hydrogen) atoms. The van der Waals surface area contributed by atoms with Gasteiger partial charge in [-0.25, -0.2) is 12.8 Å². The van der Waals surface area contributed by atoms with Gasteiger partial charge < -0.3 is 14.4 Å². The van der Waals surface area contributed by atoms with Gasteiger partial charge in [0, 0.05) is 16.6 Å². The highest BCUT2D eigenvalue weighted by atomic mass is 32.2. The Morgan fingerprint density at radius 3 is 2.27 bits per heavy atom. The maximum Gasteiger partial charge on any atom is 0.323 e. The Bertz CT molecular complexity index is 1210. The van der Waals surface area contributed by atoms with Crippen LogP contribution in [0.15, 0.2) is 64.0 Å². The lowest BCUT2D eigenvalue weighted by Crippen LogP contribution is -2.52. The highest BCUT2D eigenvalue weighted by Crippen LogP contribution is 2.32. The van der Waals surface area contributed by atoms with Gasteiger partial charge in [0.2, 0.25) is 10.0 Å². The van der Waals surface area contributed by atoms with Crippen molar-refractivity contribution in [2.45, 2.75) is 42.2 Å². The number of hydrogen-bond donors (Lipinski definition) is 2. The molecule has 0 saturated heterocycles. The van der Waals surface area contributed by atoms with Crippen LogP contribution in [0.2, 0.25) is 0 Å². The average Bonchev–Trinajstić information content (AvgIpc) is 3.18. The molecule has 0 radical (unpaired) electrons. The van der Waals surface area contributed by atoms with E-state index in [1.807, 2.05) is 0 Å². The van der Waals surface area contributed by atoms with E-state index in [0.717, 1.165) is 0 Å². The van der Waals surface area contributed by atoms with Crippen LogP contribution in [0.5, 0.6) is 11.5 Å². The van der Waals surface area contributed by atoms with E-state index in [-0.39, 0.29) is 4.90 Å². The second kappa shape index (κ2) is 9.94. The predicted octanol–water partition coefficient (Wildman–Crippen LogP) is 4.36. The third-order valence-corrected chi connectivity index (χ3v) is 7.53. The van der Waals surface area contributed by atoms with E-state index in [1.54, 1.807) is 26.8 Å². The maximum absolute atomic E-state index is 13.0. The molecule has 0 aliphatic carbocycles. The molecule has 3 rings (SSSR count). The number of sulfonamides is 1. The number of halogens is 1. The standard InChI is InChI=1S/C22H23FN2O6S2/c1-14-12-16(24-31-14)13-32-22(2,3)20(21(26)27)25-33(28,29)19-10-8-18(9-11-19)30-17-6-4-15(23)5-7-17/h4-12,20,25H,13H2,1-3H3,(H,26,27). The summed E-state index contributed by atoms with van der Waals surface area (Å²) in [6.45, 7) is 5.04. The minimum absolute atomic E-state index is 0.117. The fraction of sp³-hybridized carbons (Fsp3) is 0.273. The first-order chi connectivity index (χ1) is 15.5. The molecule has 0 spiro atoms. The van der Waals surface area contributed by atoms with Crippen molar-refractivity contribution in [3.05, 3.63) is 71.9 Å². The van der Waals surface area contributed by atoms with Gasteiger partial charge in [-0.2, -0.15) is 4.72 Å². The number of nitrogens with zero attached hydrogens (tertiary/aromatic N) is 1. The minimum atomic E-state index is -4.15. The lowest BCUT2D eigenvalue weighted by atomic mass is 10.1. The first-order valence-corrected chi connectivity index (χ1v) is 12.3. The van der Waals surface area contributed by atoms with Gasteiger partial charge in [-0.05, 0) is 69.3 Å². The van der Waals surface area contributed by atoms with Gasteiger partial charge in [0.05, 0.1) is 10.6 Å². The van der Waals surface area contributed by atoms with Crippen molar-refractivity contribution < 1.29 is 32.0 Å². The monoisotopic (exact) mass is 494 g/mol. The van der Waals surface area contributed by atoms with E-state index < -0.39 is 32.6 Å². The molecule has 1 unspecified atom stereocenters. The molecule has 0 aliphatic heterocycles. The Morgan fingerprint density at radius 1 is 1.18 bits per heavy atom. The largest absolute Gasteiger partial charge is 0.480 e. The normalized spacial score (nSPS) is 13.0. The molecule has 3 aromatic rings. The Morgan fingerprint density at radius 2 is 1.76 bits per heavy atom. The van der Waals surface area contributed by atoms with E-state index in [2.05, 4.69) is 9.88 Å². The zero-order valence-electron chi connectivity index (χ0n) is 18.1. The number of nitrogens with one attached hydrogen (secondary N) is 1. The summed E-state index contributed by atoms with van der Waals surface area (Å²) < 4.78 is 50.6. The second-order valence-electron chi connectivity index (χ2n) is 7.74. The summed E-state index contributed by atoms with van der Waals surface area (Å²) in [6.07, 6.45) is 0. The van der Waals surface area contributed by atoms with Crippen LogP contribution in [-0.4, -0.2) is 35.4 Å². The molecule has 176 valence electrons. The predicted molar refractivity (Wildman–Crippen MR) is 121 cm³/mol. The van der Waals surface area contributed by atoms with Crippen LogP contribution in [-0.2, 0) is 20.6 Å². The number of carboxylic acid groups (broad SMARTS) is 1. The summed E-state index contributed by atoms with van der Waals surface area (Å²) in [7, 11) is -4.15. The molecular formula is C22H23FN2O6S2. The summed E-state index contributed by atoms with van der Waals surface area (Å²) in [5.74, 6) is 0.00596. The minimum Gasteiger partial charge on any atom is -0.480 e. The number of aromatic nitrogens is 1. The molecule has 1 aromatic heterocycles. The van der Waals surface area contributed by atoms with Crippen molar-refractivity contribution in [1.82, 2.24) is 9.88 Å². The molecule has 11 heteroatoms. The van der Waals surface area contributed by atoms with Gasteiger partial charge in [-0.1, -0.05) is 5.16 Å². The molecule has 0 amide bonds. The quantitative estimate of drug-likeness (QED) is 0.427. The van der Waals surface area contributed by atoms with Crippen LogP contribution < -0.4 is 9.46 Å². The average molecular weight is 495 g/mol. The third-order valence-electron chi connectivity index (χ3n) is 4.67. The van der Waals surface area contributed by atoms with Crippen molar-refractivity contribution in [3.63, 3.8) is 0 Å². The summed E-state index contributed by atoms with van der Waals surface area (Å²) in [4.78, 5) is 11.8. The van der Waals surface area contributed by atoms with E-state index in [9.17, 15) is 22.7 Å². The molecule has 2 N–H and O–H groups in total. The van der Waals surface area contributed by atoms with E-state index in [4.69, 9.17) is 9.26 Å². The molecular weight excluding hydrogens is 471 g/mol. The number of carbonyl (C=O) groups is 1. The maximum atomic E-state index is 13.0. The van der Waals surface area contributed by atoms with Crippen LogP contribution in [0, 0.1) is 12.7 Å². The Hall–Kier alpha value is -2.89. The fourth-order valence-corrected chi connectivity index (χ4v) is 5.26. The number of carboxylic acids is 1. The summed E-state index contributed by atoms with van der Waals surface area (Å²) in [6, 6.07) is 11.2. The van der Waals surface area contributed by atoms with Crippen molar-refractivity contribution >= 4 is 27.8 Å². The lowest BCUT2D eigenvalue weighted by molar-refractivity contribution is -0.139. The highest BCUT2D eigenvalue weighted by Gasteiger charge is 2.39. The molecule has 2 aromatic carbocycles. The number of thioether (sulfide) groups is 1. The topological polar surface area (TPSA) is 119 Å². The molecule has 1 atom stereocenters. The highest BCUT2D eigenvalue weighted by molar-refractivity contribution is 8.00. The summed E-state index contributed by atoms with van der Waals surface area (Å²) in [5.41, 5.74) is 0.634. The number of rotatable bonds is 10. The van der Waals surface area contributed by atoms with Crippen molar-refractivity contribution in [2.75, 3.05) is 0 Å². The summed E-state index contributed by atoms with van der Waals surface area (Å²) >= 11 is 1.25. The van der Waals surface area contributed by atoms with Crippen molar-refractivity contribution in [1.29, 1.82) is 0 Å². The Balaban J connectivity index is 1.71. The molecule has 8 nitrogen and oxygen atoms in total. The smallest absolute Gasteiger partial charge is 0.323 e. The first kappa shape index (κ1) is 24.7. The van der Waals surface area contributed by atoms with Crippen LogP contribution in [0.4, 0.5) is 4.39 Å². The van der Waals surface area contributed by atoms with E-state index in [1.165, 1.54) is 60.3 Å². The zero-order chi connectivity index (χ0) is 24.2. The van der Waals surface area contributed by atoms with E-state index >= 15 is 0 Å². The molecule has 0 fully saturated rings. The molecule has 1 heterocycles. The number of benzene rings is 2. The van der Waals surface area contributed by atoms with Gasteiger partial charge >= 0.3 is 5.97 Å². The SMILES string of the molecule is Cc1cc(CSC(C)(C)C(NS(=O)(=O)c2ccc(Oc3ccc(F)cc3)cc2)C(=O)O)no1. The third kappa shape index (κ3) is 6.56. The van der Waals surface area contributed by atoms with Gasteiger partial charge in [0.15, 0.2) is 0 Å². The molecule has 0 saturated carbocycles. The van der Waals surface area contributed by atoms with Gasteiger partial charge in [-0.3, -0.25) is 4.79 Å². The summed E-state index contributed by atoms with van der Waals surface area (Å²) in [5, 5.41) is 13.6.